The van der Waals surface area contributed by atoms with Crippen molar-refractivity contribution in [2.24, 2.45) is 11.8 Å². The Morgan fingerprint density at radius 3 is 2.79 bits per heavy atom. The van der Waals surface area contributed by atoms with Gasteiger partial charge in [0.25, 0.3) is 5.91 Å². The number of anilines is 1. The number of nitrogens with zero attached hydrogens (tertiary/aromatic N) is 3. The highest BCUT2D eigenvalue weighted by Gasteiger charge is 2.29. The Labute approximate surface area is 166 Å². The van der Waals surface area contributed by atoms with Crippen LogP contribution in [0.3, 0.4) is 0 Å². The van der Waals surface area contributed by atoms with Crippen molar-refractivity contribution in [3.8, 4) is 0 Å². The number of aromatic nitrogens is 1. The van der Waals surface area contributed by atoms with Crippen LogP contribution >= 0.6 is 0 Å². The minimum absolute atomic E-state index is 0.0468. The average Bonchev–Trinajstić information content (AvgIpc) is 2.91. The highest BCUT2D eigenvalue weighted by Crippen LogP contribution is 2.22. The molecule has 7 heteroatoms. The van der Waals surface area contributed by atoms with E-state index in [1.807, 2.05) is 24.8 Å². The lowest BCUT2D eigenvalue weighted by Gasteiger charge is -2.32. The molecule has 0 radical (unpaired) electrons. The lowest BCUT2D eigenvalue weighted by Crippen LogP contribution is -2.42. The van der Waals surface area contributed by atoms with E-state index in [0.29, 0.717) is 57.0 Å². The topological polar surface area (TPSA) is 82.6 Å². The fourth-order valence-corrected chi connectivity index (χ4v) is 3.87. The zero-order valence-corrected chi connectivity index (χ0v) is 16.8. The number of piperidine rings is 1. The number of carbonyl (C=O) groups excluding carboxylic acids is 3. The van der Waals surface area contributed by atoms with Crippen molar-refractivity contribution in [2.45, 2.75) is 39.5 Å². The van der Waals surface area contributed by atoms with E-state index in [0.717, 1.165) is 18.7 Å². The third-order valence-electron chi connectivity index (χ3n) is 5.40. The van der Waals surface area contributed by atoms with Crippen molar-refractivity contribution >= 4 is 23.4 Å². The van der Waals surface area contributed by atoms with E-state index in [-0.39, 0.29) is 23.5 Å². The number of nitrogens with one attached hydrogen (secondary N) is 1. The molecule has 0 aliphatic carbocycles. The summed E-state index contributed by atoms with van der Waals surface area (Å²) in [6.45, 7) is 7.22. The molecule has 0 spiro atoms. The first-order valence-electron chi connectivity index (χ1n) is 10.2. The lowest BCUT2D eigenvalue weighted by molar-refractivity contribution is -0.125. The molecule has 0 unspecified atom stereocenters. The zero-order chi connectivity index (χ0) is 20.1. The second-order valence-corrected chi connectivity index (χ2v) is 8.15. The van der Waals surface area contributed by atoms with Gasteiger partial charge < -0.3 is 15.1 Å². The van der Waals surface area contributed by atoms with Crippen LogP contribution in [0.15, 0.2) is 18.3 Å². The van der Waals surface area contributed by atoms with Gasteiger partial charge in [-0.3, -0.25) is 14.4 Å². The number of likely N-dealkylation sites (tertiary alicyclic amines) is 1. The molecule has 1 atom stereocenters. The molecule has 2 aliphatic rings. The van der Waals surface area contributed by atoms with Crippen LogP contribution in [0.2, 0.25) is 0 Å². The number of hydrogen-bond donors (Lipinski definition) is 1. The van der Waals surface area contributed by atoms with Crippen LogP contribution in [-0.4, -0.2) is 60.2 Å². The van der Waals surface area contributed by atoms with Gasteiger partial charge in [-0.1, -0.05) is 13.8 Å². The van der Waals surface area contributed by atoms with Gasteiger partial charge in [0, 0.05) is 57.7 Å². The van der Waals surface area contributed by atoms with Crippen molar-refractivity contribution < 1.29 is 14.4 Å². The number of carbonyl (C=O) groups is 3. The van der Waals surface area contributed by atoms with Gasteiger partial charge in [0.1, 0.15) is 11.6 Å². The summed E-state index contributed by atoms with van der Waals surface area (Å²) in [5.41, 5.74) is 0.546. The molecule has 1 N–H and O–H groups in total. The van der Waals surface area contributed by atoms with Gasteiger partial charge in [-0.15, -0.1) is 0 Å². The van der Waals surface area contributed by atoms with Gasteiger partial charge in [0.05, 0.1) is 5.56 Å². The fourth-order valence-electron chi connectivity index (χ4n) is 3.87. The Hall–Kier alpha value is -2.44. The monoisotopic (exact) mass is 386 g/mol. The molecular weight excluding hydrogens is 356 g/mol. The number of pyridine rings is 1. The van der Waals surface area contributed by atoms with Crippen LogP contribution in [-0.2, 0) is 9.59 Å². The molecule has 2 aliphatic heterocycles. The Kier molecular flexibility index (Phi) is 6.65. The number of ketones is 1. The molecular formula is C21H30N4O3. The fraction of sp³-hybridized carbons (Fsp3) is 0.619. The maximum atomic E-state index is 12.9. The second-order valence-electron chi connectivity index (χ2n) is 8.15. The standard InChI is InChI=1S/C21H30N4O3/c1-15(2)12-18(26)17-4-3-9-25(14-17)21(28)16-5-6-19(23-13-16)24-10-7-20(27)22-8-11-24/h5-6,13,15,17H,3-4,7-12,14H2,1-2H3,(H,22,27)/t17-/m0/s1. The Balaban J connectivity index is 1.62. The predicted molar refractivity (Wildman–Crippen MR) is 107 cm³/mol. The largest absolute Gasteiger partial charge is 0.354 e. The summed E-state index contributed by atoms with van der Waals surface area (Å²) in [6.07, 6.45) is 4.37. The highest BCUT2D eigenvalue weighted by molar-refractivity contribution is 5.94. The average molecular weight is 386 g/mol. The van der Waals surface area contributed by atoms with Crippen LogP contribution in [0, 0.1) is 11.8 Å². The van der Waals surface area contributed by atoms with E-state index >= 15 is 0 Å². The van der Waals surface area contributed by atoms with Crippen molar-refractivity contribution in [3.63, 3.8) is 0 Å². The molecule has 2 fully saturated rings. The van der Waals surface area contributed by atoms with E-state index in [9.17, 15) is 14.4 Å². The number of Topliss-reactive ketones (excluding diaryl/α,β-unsaturated/α-hetero) is 1. The minimum atomic E-state index is -0.0613. The van der Waals surface area contributed by atoms with E-state index in [1.54, 1.807) is 17.2 Å². The molecule has 28 heavy (non-hydrogen) atoms. The molecule has 3 rings (SSSR count). The summed E-state index contributed by atoms with van der Waals surface area (Å²) >= 11 is 0. The lowest BCUT2D eigenvalue weighted by atomic mass is 9.89. The number of rotatable bonds is 5. The van der Waals surface area contributed by atoms with Crippen molar-refractivity contribution in [2.75, 3.05) is 37.6 Å². The number of amides is 2. The third kappa shape index (κ3) is 5.09. The summed E-state index contributed by atoms with van der Waals surface area (Å²) < 4.78 is 0. The molecule has 1 aromatic rings. The summed E-state index contributed by atoms with van der Waals surface area (Å²) in [5, 5.41) is 2.85. The second kappa shape index (κ2) is 9.17. The van der Waals surface area contributed by atoms with E-state index in [4.69, 9.17) is 0 Å². The molecule has 152 valence electrons. The molecule has 3 heterocycles. The summed E-state index contributed by atoms with van der Waals surface area (Å²) in [7, 11) is 0. The zero-order valence-electron chi connectivity index (χ0n) is 16.8. The van der Waals surface area contributed by atoms with E-state index < -0.39 is 0 Å². The van der Waals surface area contributed by atoms with Gasteiger partial charge in [0.2, 0.25) is 5.91 Å². The van der Waals surface area contributed by atoms with Crippen LogP contribution in [0.5, 0.6) is 0 Å². The highest BCUT2D eigenvalue weighted by atomic mass is 16.2. The van der Waals surface area contributed by atoms with Crippen molar-refractivity contribution in [3.05, 3.63) is 23.9 Å². The van der Waals surface area contributed by atoms with E-state index in [2.05, 4.69) is 10.3 Å². The van der Waals surface area contributed by atoms with Crippen LogP contribution < -0.4 is 10.2 Å². The normalized spacial score (nSPS) is 20.7. The summed E-state index contributed by atoms with van der Waals surface area (Å²) in [4.78, 5) is 45.1. The van der Waals surface area contributed by atoms with Gasteiger partial charge in [0.15, 0.2) is 0 Å². The molecule has 1 aromatic heterocycles. The van der Waals surface area contributed by atoms with Gasteiger partial charge in [-0.2, -0.15) is 0 Å². The molecule has 7 nitrogen and oxygen atoms in total. The van der Waals surface area contributed by atoms with E-state index in [1.165, 1.54) is 0 Å². The Bertz CT molecular complexity index is 717. The molecule has 0 saturated carbocycles. The molecule has 0 aromatic carbocycles. The molecule has 0 bridgehead atoms. The van der Waals surface area contributed by atoms with Crippen molar-refractivity contribution in [1.29, 1.82) is 0 Å². The molecule has 2 saturated heterocycles. The third-order valence-corrected chi connectivity index (χ3v) is 5.40. The Morgan fingerprint density at radius 2 is 2.07 bits per heavy atom. The van der Waals surface area contributed by atoms with Crippen LogP contribution in [0.1, 0.15) is 49.9 Å². The summed E-state index contributed by atoms with van der Waals surface area (Å²) in [5.74, 6) is 1.34. The Morgan fingerprint density at radius 1 is 1.25 bits per heavy atom. The first-order valence-corrected chi connectivity index (χ1v) is 10.2. The quantitative estimate of drug-likeness (QED) is 0.835. The maximum Gasteiger partial charge on any atom is 0.255 e. The van der Waals surface area contributed by atoms with Gasteiger partial charge in [-0.25, -0.2) is 4.98 Å². The summed E-state index contributed by atoms with van der Waals surface area (Å²) in [6, 6.07) is 3.64. The van der Waals surface area contributed by atoms with Crippen molar-refractivity contribution in [1.82, 2.24) is 15.2 Å². The van der Waals surface area contributed by atoms with Crippen LogP contribution in [0.4, 0.5) is 5.82 Å². The SMILES string of the molecule is CC(C)CC(=O)[C@H]1CCCN(C(=O)c2ccc(N3CCNC(=O)CC3)nc2)C1. The predicted octanol–water partition coefficient (Wildman–Crippen LogP) is 1.88. The molecule has 2 amide bonds. The smallest absolute Gasteiger partial charge is 0.255 e. The number of hydrogen-bond acceptors (Lipinski definition) is 5. The first kappa shape index (κ1) is 20.3. The van der Waals surface area contributed by atoms with Crippen LogP contribution in [0.25, 0.3) is 0 Å². The van der Waals surface area contributed by atoms with Gasteiger partial charge in [-0.05, 0) is 30.9 Å². The minimum Gasteiger partial charge on any atom is -0.354 e. The maximum absolute atomic E-state index is 12.9. The van der Waals surface area contributed by atoms with Gasteiger partial charge >= 0.3 is 0 Å². The first-order chi connectivity index (χ1) is 13.4.